The van der Waals surface area contributed by atoms with Gasteiger partial charge in [0.2, 0.25) is 11.8 Å². The fourth-order valence-electron chi connectivity index (χ4n) is 2.20. The minimum absolute atomic E-state index is 0.0860. The van der Waals surface area contributed by atoms with Gasteiger partial charge in [-0.2, -0.15) is 0 Å². The van der Waals surface area contributed by atoms with Crippen LogP contribution in [0, 0.1) is 5.92 Å². The van der Waals surface area contributed by atoms with Gasteiger partial charge in [-0.05, 0) is 32.1 Å². The van der Waals surface area contributed by atoms with Crippen molar-refractivity contribution in [2.45, 2.75) is 57.6 Å². The SMILES string of the molecule is CCCC(NC(=O)C1CCC(O)CC1)C(N)=O. The number of amides is 2. The van der Waals surface area contributed by atoms with E-state index in [2.05, 4.69) is 5.32 Å². The Morgan fingerprint density at radius 1 is 1.35 bits per heavy atom. The summed E-state index contributed by atoms with van der Waals surface area (Å²) in [5, 5.41) is 12.1. The van der Waals surface area contributed by atoms with Gasteiger partial charge in [0.15, 0.2) is 0 Å². The van der Waals surface area contributed by atoms with Crippen LogP contribution in [0.5, 0.6) is 0 Å². The lowest BCUT2D eigenvalue weighted by molar-refractivity contribution is -0.131. The second-order valence-electron chi connectivity index (χ2n) is 4.76. The summed E-state index contributed by atoms with van der Waals surface area (Å²) in [5.41, 5.74) is 5.23. The molecule has 98 valence electrons. The van der Waals surface area contributed by atoms with Gasteiger partial charge in [-0.1, -0.05) is 13.3 Å². The van der Waals surface area contributed by atoms with Gasteiger partial charge in [-0.3, -0.25) is 9.59 Å². The van der Waals surface area contributed by atoms with Crippen LogP contribution in [0.4, 0.5) is 0 Å². The second kappa shape index (κ2) is 6.59. The number of carbonyl (C=O) groups excluding carboxylic acids is 2. The van der Waals surface area contributed by atoms with E-state index in [4.69, 9.17) is 5.73 Å². The standard InChI is InChI=1S/C12H22N2O3/c1-2-3-10(11(13)16)14-12(17)8-4-6-9(15)7-5-8/h8-10,15H,2-7H2,1H3,(H2,13,16)(H,14,17). The molecule has 0 aliphatic heterocycles. The Morgan fingerprint density at radius 3 is 2.41 bits per heavy atom. The fraction of sp³-hybridized carbons (Fsp3) is 0.833. The highest BCUT2D eigenvalue weighted by atomic mass is 16.3. The predicted octanol–water partition coefficient (Wildman–Crippen LogP) is 0.308. The highest BCUT2D eigenvalue weighted by Crippen LogP contribution is 2.24. The average molecular weight is 242 g/mol. The van der Waals surface area contributed by atoms with E-state index in [1.807, 2.05) is 6.92 Å². The zero-order valence-electron chi connectivity index (χ0n) is 10.3. The number of aliphatic hydroxyl groups is 1. The normalized spacial score (nSPS) is 26.2. The van der Waals surface area contributed by atoms with Gasteiger partial charge in [-0.15, -0.1) is 0 Å². The smallest absolute Gasteiger partial charge is 0.239 e. The summed E-state index contributed by atoms with van der Waals surface area (Å²) in [4.78, 5) is 23.0. The molecule has 0 spiro atoms. The minimum Gasteiger partial charge on any atom is -0.393 e. The first-order valence-electron chi connectivity index (χ1n) is 6.32. The molecule has 5 nitrogen and oxygen atoms in total. The lowest BCUT2D eigenvalue weighted by Gasteiger charge is -2.26. The first-order chi connectivity index (χ1) is 8.04. The Bertz CT molecular complexity index is 273. The van der Waals surface area contributed by atoms with Crippen molar-refractivity contribution in [3.05, 3.63) is 0 Å². The number of carbonyl (C=O) groups is 2. The van der Waals surface area contributed by atoms with Crippen LogP contribution in [-0.2, 0) is 9.59 Å². The van der Waals surface area contributed by atoms with E-state index in [1.54, 1.807) is 0 Å². The molecule has 2 amide bonds. The summed E-state index contributed by atoms with van der Waals surface area (Å²) >= 11 is 0. The molecule has 1 fully saturated rings. The van der Waals surface area contributed by atoms with Gasteiger partial charge in [0.1, 0.15) is 6.04 Å². The van der Waals surface area contributed by atoms with Crippen LogP contribution in [0.15, 0.2) is 0 Å². The van der Waals surface area contributed by atoms with E-state index in [0.29, 0.717) is 32.1 Å². The van der Waals surface area contributed by atoms with Crippen molar-refractivity contribution in [1.82, 2.24) is 5.32 Å². The van der Waals surface area contributed by atoms with Gasteiger partial charge in [0.05, 0.1) is 6.10 Å². The highest BCUT2D eigenvalue weighted by Gasteiger charge is 2.27. The Morgan fingerprint density at radius 2 is 1.94 bits per heavy atom. The van der Waals surface area contributed by atoms with Crippen LogP contribution < -0.4 is 11.1 Å². The van der Waals surface area contributed by atoms with E-state index in [0.717, 1.165) is 6.42 Å². The van der Waals surface area contributed by atoms with Crippen LogP contribution in [0.3, 0.4) is 0 Å². The topological polar surface area (TPSA) is 92.4 Å². The summed E-state index contributed by atoms with van der Waals surface area (Å²) < 4.78 is 0. The van der Waals surface area contributed by atoms with Crippen molar-refractivity contribution in [2.75, 3.05) is 0 Å². The number of hydrogen-bond acceptors (Lipinski definition) is 3. The lowest BCUT2D eigenvalue weighted by Crippen LogP contribution is -2.47. The van der Waals surface area contributed by atoms with Crippen LogP contribution >= 0.6 is 0 Å². The molecule has 0 aromatic heterocycles. The molecule has 4 N–H and O–H groups in total. The van der Waals surface area contributed by atoms with Crippen LogP contribution in [0.2, 0.25) is 0 Å². The maximum absolute atomic E-state index is 11.9. The summed E-state index contributed by atoms with van der Waals surface area (Å²) in [6.07, 6.45) is 3.80. The number of primary amides is 1. The van der Waals surface area contributed by atoms with Crippen molar-refractivity contribution < 1.29 is 14.7 Å². The molecule has 0 heterocycles. The first kappa shape index (κ1) is 14.0. The van der Waals surface area contributed by atoms with Crippen molar-refractivity contribution in [3.63, 3.8) is 0 Å². The summed E-state index contributed by atoms with van der Waals surface area (Å²) in [7, 11) is 0. The van der Waals surface area contributed by atoms with Gasteiger partial charge in [0.25, 0.3) is 0 Å². The quantitative estimate of drug-likeness (QED) is 0.647. The van der Waals surface area contributed by atoms with Gasteiger partial charge < -0.3 is 16.2 Å². The monoisotopic (exact) mass is 242 g/mol. The maximum Gasteiger partial charge on any atom is 0.239 e. The molecular formula is C12H22N2O3. The molecular weight excluding hydrogens is 220 g/mol. The van der Waals surface area contributed by atoms with Crippen molar-refractivity contribution in [3.8, 4) is 0 Å². The molecule has 1 atom stereocenters. The molecule has 0 aromatic rings. The highest BCUT2D eigenvalue weighted by molar-refractivity contribution is 5.87. The van der Waals surface area contributed by atoms with Gasteiger partial charge in [0, 0.05) is 5.92 Å². The summed E-state index contributed by atoms with van der Waals surface area (Å²) in [6.45, 7) is 1.94. The number of rotatable bonds is 5. The molecule has 1 rings (SSSR count). The van der Waals surface area contributed by atoms with Gasteiger partial charge in [-0.25, -0.2) is 0 Å². The molecule has 1 unspecified atom stereocenters. The average Bonchev–Trinajstić information content (AvgIpc) is 2.29. The van der Waals surface area contributed by atoms with E-state index in [1.165, 1.54) is 0 Å². The number of nitrogens with two attached hydrogens (primary N) is 1. The lowest BCUT2D eigenvalue weighted by atomic mass is 9.86. The Balaban J connectivity index is 2.44. The van der Waals surface area contributed by atoms with Crippen LogP contribution in [0.1, 0.15) is 45.4 Å². The summed E-state index contributed by atoms with van der Waals surface area (Å²) in [5.74, 6) is -0.665. The van der Waals surface area contributed by atoms with E-state index < -0.39 is 11.9 Å². The van der Waals surface area contributed by atoms with Crippen molar-refractivity contribution >= 4 is 11.8 Å². The third kappa shape index (κ3) is 4.34. The molecule has 1 aliphatic carbocycles. The largest absolute Gasteiger partial charge is 0.393 e. The van der Waals surface area contributed by atoms with Crippen LogP contribution in [-0.4, -0.2) is 29.1 Å². The second-order valence-corrected chi connectivity index (χ2v) is 4.76. The third-order valence-electron chi connectivity index (χ3n) is 3.30. The number of aliphatic hydroxyl groups excluding tert-OH is 1. The Hall–Kier alpha value is -1.10. The van der Waals surface area contributed by atoms with E-state index in [9.17, 15) is 14.7 Å². The number of nitrogens with one attached hydrogen (secondary N) is 1. The first-order valence-corrected chi connectivity index (χ1v) is 6.32. The van der Waals surface area contributed by atoms with Gasteiger partial charge >= 0.3 is 0 Å². The summed E-state index contributed by atoms with van der Waals surface area (Å²) in [6, 6.07) is -0.556. The van der Waals surface area contributed by atoms with Crippen LogP contribution in [0.25, 0.3) is 0 Å². The molecule has 0 saturated heterocycles. The zero-order chi connectivity index (χ0) is 12.8. The third-order valence-corrected chi connectivity index (χ3v) is 3.30. The van der Waals surface area contributed by atoms with E-state index >= 15 is 0 Å². The Labute approximate surface area is 102 Å². The van der Waals surface area contributed by atoms with E-state index in [-0.39, 0.29) is 17.9 Å². The maximum atomic E-state index is 11.9. The molecule has 5 heteroatoms. The Kier molecular flexibility index (Phi) is 5.41. The van der Waals surface area contributed by atoms with Crippen molar-refractivity contribution in [1.29, 1.82) is 0 Å². The molecule has 0 aromatic carbocycles. The molecule has 0 bridgehead atoms. The number of hydrogen-bond donors (Lipinski definition) is 3. The predicted molar refractivity (Wildman–Crippen MR) is 64.0 cm³/mol. The minimum atomic E-state index is -0.556. The molecule has 17 heavy (non-hydrogen) atoms. The fourth-order valence-corrected chi connectivity index (χ4v) is 2.20. The molecule has 1 saturated carbocycles. The molecule has 0 radical (unpaired) electrons. The zero-order valence-corrected chi connectivity index (χ0v) is 10.3. The van der Waals surface area contributed by atoms with Crippen molar-refractivity contribution in [2.24, 2.45) is 11.7 Å². The molecule has 1 aliphatic rings.